The van der Waals surface area contributed by atoms with Crippen molar-refractivity contribution in [3.05, 3.63) is 109 Å². The standard InChI is InChI=1S/C29H28N2O6S/c1-5-15-36-22-13-7-19(8-14-22)17-23-26(32)31-25(20-9-11-21(12-10-20)27(33)35-4)24(28(34)37-16-6-2)18(3)30-29(31)38-23/h6-14,17,25H,2,5,15-16H2,1,3-4H3. The van der Waals surface area contributed by atoms with E-state index in [1.807, 2.05) is 31.2 Å². The number of fused-ring (bicyclic) bond motifs is 1. The predicted octanol–water partition coefficient (Wildman–Crippen LogP) is 3.54. The van der Waals surface area contributed by atoms with Crippen molar-refractivity contribution in [3.8, 4) is 5.75 Å². The smallest absolute Gasteiger partial charge is 0.338 e. The third kappa shape index (κ3) is 5.52. The lowest BCUT2D eigenvalue weighted by molar-refractivity contribution is -0.138. The van der Waals surface area contributed by atoms with E-state index in [9.17, 15) is 14.4 Å². The Bertz CT molecular complexity index is 1560. The molecule has 4 rings (SSSR count). The molecule has 1 aromatic heterocycles. The van der Waals surface area contributed by atoms with Crippen LogP contribution in [0.5, 0.6) is 5.75 Å². The van der Waals surface area contributed by atoms with Gasteiger partial charge in [0, 0.05) is 0 Å². The monoisotopic (exact) mass is 532 g/mol. The van der Waals surface area contributed by atoms with Gasteiger partial charge in [-0.25, -0.2) is 14.6 Å². The first-order valence-corrected chi connectivity index (χ1v) is 12.9. The molecule has 2 heterocycles. The maximum atomic E-state index is 13.7. The van der Waals surface area contributed by atoms with Gasteiger partial charge >= 0.3 is 11.9 Å². The number of esters is 2. The first kappa shape index (κ1) is 26.8. The molecule has 0 fully saturated rings. The Balaban J connectivity index is 1.83. The van der Waals surface area contributed by atoms with Gasteiger partial charge in [0.15, 0.2) is 4.80 Å². The van der Waals surface area contributed by atoms with Crippen molar-refractivity contribution in [2.75, 3.05) is 20.3 Å². The van der Waals surface area contributed by atoms with Crippen molar-refractivity contribution in [2.24, 2.45) is 4.99 Å². The van der Waals surface area contributed by atoms with Crippen LogP contribution in [-0.2, 0) is 14.3 Å². The van der Waals surface area contributed by atoms with E-state index in [0.717, 1.165) is 17.7 Å². The van der Waals surface area contributed by atoms with Gasteiger partial charge in [0.1, 0.15) is 12.4 Å². The summed E-state index contributed by atoms with van der Waals surface area (Å²) in [6.07, 6.45) is 4.18. The number of carbonyl (C=O) groups excluding carboxylic acids is 2. The molecule has 1 aliphatic heterocycles. The number of hydrogen-bond donors (Lipinski definition) is 0. The summed E-state index contributed by atoms with van der Waals surface area (Å²) in [7, 11) is 1.31. The van der Waals surface area contributed by atoms with Crippen molar-refractivity contribution < 1.29 is 23.8 Å². The van der Waals surface area contributed by atoms with Crippen LogP contribution in [0, 0.1) is 0 Å². The van der Waals surface area contributed by atoms with Crippen LogP contribution in [0.15, 0.2) is 82.2 Å². The van der Waals surface area contributed by atoms with Crippen LogP contribution in [0.25, 0.3) is 6.08 Å². The minimum absolute atomic E-state index is 0.0198. The number of thiazole rings is 1. The largest absolute Gasteiger partial charge is 0.494 e. The molecule has 2 aromatic carbocycles. The zero-order valence-corrected chi connectivity index (χ0v) is 22.2. The second-order valence-electron chi connectivity index (χ2n) is 8.50. The summed E-state index contributed by atoms with van der Waals surface area (Å²) in [4.78, 5) is 43.8. The summed E-state index contributed by atoms with van der Waals surface area (Å²) in [5.74, 6) is -0.312. The van der Waals surface area contributed by atoms with E-state index in [1.165, 1.54) is 29.1 Å². The van der Waals surface area contributed by atoms with Gasteiger partial charge in [0.05, 0.1) is 41.1 Å². The lowest BCUT2D eigenvalue weighted by Crippen LogP contribution is -2.40. The van der Waals surface area contributed by atoms with Gasteiger partial charge in [-0.05, 0) is 54.8 Å². The van der Waals surface area contributed by atoms with Crippen molar-refractivity contribution in [1.82, 2.24) is 4.57 Å². The SMILES string of the molecule is C=CCOC(=O)C1=C(C)N=c2sc(=Cc3ccc(OCCC)cc3)c(=O)n2C1c1ccc(C(=O)OC)cc1. The van der Waals surface area contributed by atoms with Crippen LogP contribution < -0.4 is 19.6 Å². The maximum Gasteiger partial charge on any atom is 0.338 e. The number of hydrogen-bond acceptors (Lipinski definition) is 8. The summed E-state index contributed by atoms with van der Waals surface area (Å²) in [5.41, 5.74) is 2.22. The number of benzene rings is 2. The number of methoxy groups -OCH3 is 1. The van der Waals surface area contributed by atoms with Gasteiger partial charge < -0.3 is 14.2 Å². The van der Waals surface area contributed by atoms with Crippen LogP contribution in [0.4, 0.5) is 0 Å². The molecule has 0 radical (unpaired) electrons. The average molecular weight is 533 g/mol. The minimum Gasteiger partial charge on any atom is -0.494 e. The Hall–Kier alpha value is -4.24. The number of nitrogens with zero attached hydrogens (tertiary/aromatic N) is 2. The molecular formula is C29H28N2O6S. The molecule has 0 amide bonds. The zero-order chi connectivity index (χ0) is 27.2. The van der Waals surface area contributed by atoms with Crippen molar-refractivity contribution in [1.29, 1.82) is 0 Å². The highest BCUT2D eigenvalue weighted by Crippen LogP contribution is 2.31. The van der Waals surface area contributed by atoms with Crippen molar-refractivity contribution in [2.45, 2.75) is 26.3 Å². The van der Waals surface area contributed by atoms with E-state index in [0.29, 0.717) is 32.8 Å². The molecule has 0 bridgehead atoms. The molecule has 1 aliphatic rings. The molecule has 196 valence electrons. The molecule has 9 heteroatoms. The fraction of sp³-hybridized carbons (Fsp3) is 0.241. The Morgan fingerprint density at radius 2 is 1.82 bits per heavy atom. The summed E-state index contributed by atoms with van der Waals surface area (Å²) in [6, 6.07) is 13.3. The zero-order valence-electron chi connectivity index (χ0n) is 21.4. The van der Waals surface area contributed by atoms with Crippen LogP contribution in [0.2, 0.25) is 0 Å². The lowest BCUT2D eigenvalue weighted by atomic mass is 9.95. The molecule has 0 spiro atoms. The first-order chi connectivity index (χ1) is 18.4. The lowest BCUT2D eigenvalue weighted by Gasteiger charge is -2.24. The molecule has 8 nitrogen and oxygen atoms in total. The van der Waals surface area contributed by atoms with Crippen molar-refractivity contribution in [3.63, 3.8) is 0 Å². The minimum atomic E-state index is -0.790. The highest BCUT2D eigenvalue weighted by molar-refractivity contribution is 7.07. The third-order valence-corrected chi connectivity index (χ3v) is 6.86. The van der Waals surface area contributed by atoms with Gasteiger partial charge in [0.2, 0.25) is 0 Å². The topological polar surface area (TPSA) is 96.2 Å². The third-order valence-electron chi connectivity index (χ3n) is 5.87. The Labute approximate surface area is 223 Å². The average Bonchev–Trinajstić information content (AvgIpc) is 3.24. The van der Waals surface area contributed by atoms with E-state index in [-0.39, 0.29) is 17.7 Å². The number of ether oxygens (including phenoxy) is 3. The highest BCUT2D eigenvalue weighted by atomic mass is 32.1. The maximum absolute atomic E-state index is 13.7. The second kappa shape index (κ2) is 11.9. The first-order valence-electron chi connectivity index (χ1n) is 12.1. The van der Waals surface area contributed by atoms with Crippen LogP contribution in [0.1, 0.15) is 47.8 Å². The van der Waals surface area contributed by atoms with E-state index in [1.54, 1.807) is 37.3 Å². The molecule has 3 aromatic rings. The number of carbonyl (C=O) groups is 2. The Morgan fingerprint density at radius 3 is 2.45 bits per heavy atom. The number of rotatable bonds is 9. The number of aromatic nitrogens is 1. The Morgan fingerprint density at radius 1 is 1.11 bits per heavy atom. The second-order valence-corrected chi connectivity index (χ2v) is 9.51. The molecule has 1 unspecified atom stereocenters. The quantitative estimate of drug-likeness (QED) is 0.309. The molecule has 0 saturated heterocycles. The summed E-state index contributed by atoms with van der Waals surface area (Å²) >= 11 is 1.24. The van der Waals surface area contributed by atoms with Crippen molar-refractivity contribution >= 4 is 29.4 Å². The van der Waals surface area contributed by atoms with Crippen LogP contribution in [0.3, 0.4) is 0 Å². The molecule has 0 N–H and O–H groups in total. The predicted molar refractivity (Wildman–Crippen MR) is 145 cm³/mol. The normalized spacial score (nSPS) is 14.9. The van der Waals surface area contributed by atoms with E-state index < -0.39 is 18.0 Å². The van der Waals surface area contributed by atoms with E-state index in [4.69, 9.17) is 14.2 Å². The van der Waals surface area contributed by atoms with Gasteiger partial charge in [-0.15, -0.1) is 0 Å². The van der Waals surface area contributed by atoms with E-state index >= 15 is 0 Å². The van der Waals surface area contributed by atoms with Gasteiger partial charge in [-0.2, -0.15) is 0 Å². The van der Waals surface area contributed by atoms with Gasteiger partial charge in [-0.1, -0.05) is 55.2 Å². The number of allylic oxidation sites excluding steroid dienone is 1. The Kier molecular flexibility index (Phi) is 8.38. The molecule has 0 aliphatic carbocycles. The van der Waals surface area contributed by atoms with Crippen LogP contribution >= 0.6 is 11.3 Å². The molecule has 1 atom stereocenters. The summed E-state index contributed by atoms with van der Waals surface area (Å²) < 4.78 is 17.7. The molecule has 0 saturated carbocycles. The highest BCUT2D eigenvalue weighted by Gasteiger charge is 2.33. The van der Waals surface area contributed by atoms with Crippen LogP contribution in [-0.4, -0.2) is 36.8 Å². The summed E-state index contributed by atoms with van der Waals surface area (Å²) in [6.45, 7) is 8.01. The molecular weight excluding hydrogens is 504 g/mol. The van der Waals surface area contributed by atoms with Gasteiger partial charge in [-0.3, -0.25) is 9.36 Å². The fourth-order valence-electron chi connectivity index (χ4n) is 4.06. The summed E-state index contributed by atoms with van der Waals surface area (Å²) in [5, 5.41) is 0. The van der Waals surface area contributed by atoms with Gasteiger partial charge in [0.25, 0.3) is 5.56 Å². The fourth-order valence-corrected chi connectivity index (χ4v) is 5.11. The molecule has 38 heavy (non-hydrogen) atoms. The van der Waals surface area contributed by atoms with E-state index in [2.05, 4.69) is 11.6 Å².